The first-order valence-corrected chi connectivity index (χ1v) is 23.1. The van der Waals surface area contributed by atoms with Crippen molar-refractivity contribution in [3.63, 3.8) is 0 Å². The molecule has 0 aromatic heterocycles. The molecule has 56 heavy (non-hydrogen) atoms. The van der Waals surface area contributed by atoms with Crippen molar-refractivity contribution >= 4 is 34.3 Å². The number of hydrogen-bond donors (Lipinski definition) is 0. The van der Waals surface area contributed by atoms with Crippen LogP contribution in [-0.4, -0.2) is 38.3 Å². The van der Waals surface area contributed by atoms with E-state index in [1.54, 1.807) is 0 Å². The molecular weight excluding hydrogens is 698 g/mol. The van der Waals surface area contributed by atoms with E-state index >= 15 is 0 Å². The van der Waals surface area contributed by atoms with Gasteiger partial charge in [-0.3, -0.25) is 0 Å². The molecule has 5 rings (SSSR count). The summed E-state index contributed by atoms with van der Waals surface area (Å²) < 4.78 is 6.05. The summed E-state index contributed by atoms with van der Waals surface area (Å²) in [7, 11) is 2.00. The van der Waals surface area contributed by atoms with Gasteiger partial charge in [0.1, 0.15) is 12.4 Å². The molecular formula is C53H64NOP. The van der Waals surface area contributed by atoms with E-state index in [4.69, 9.17) is 4.74 Å². The summed E-state index contributed by atoms with van der Waals surface area (Å²) in [5, 5.41) is 4.55. The van der Waals surface area contributed by atoms with Crippen LogP contribution in [-0.2, 0) is 0 Å². The average Bonchev–Trinajstić information content (AvgIpc) is 3.24. The normalized spacial score (nSPS) is 12.8. The molecule has 3 heteroatoms. The minimum atomic E-state index is -2.14. The van der Waals surface area contributed by atoms with Crippen molar-refractivity contribution in [1.29, 1.82) is 0 Å². The molecule has 5 aromatic carbocycles. The van der Waals surface area contributed by atoms with Gasteiger partial charge in [-0.25, -0.2) is 0 Å². The van der Waals surface area contributed by atoms with Gasteiger partial charge in [-0.1, -0.05) is 73.3 Å². The number of likely N-dealkylation sites (N-methyl/N-ethyl adjacent to an activating group) is 1. The summed E-state index contributed by atoms with van der Waals surface area (Å²) in [6.45, 7) is 7.72. The third-order valence-electron chi connectivity index (χ3n) is 10.8. The zero-order valence-electron chi connectivity index (χ0n) is 34.2. The molecule has 0 bridgehead atoms. The number of ether oxygens (including phenoxy) is 1. The molecule has 5 aromatic rings. The molecule has 0 radical (unpaired) electrons. The van der Waals surface area contributed by atoms with E-state index < -0.39 is 7.26 Å². The van der Waals surface area contributed by atoms with Gasteiger partial charge in [0.2, 0.25) is 0 Å². The quantitative estimate of drug-likeness (QED) is 0.0284. The van der Waals surface area contributed by atoms with Crippen LogP contribution >= 0.6 is 7.26 Å². The summed E-state index contributed by atoms with van der Waals surface area (Å²) >= 11 is 0. The van der Waals surface area contributed by atoms with E-state index in [1.807, 2.05) is 6.08 Å². The molecule has 0 saturated heterocycles. The first kappa shape index (κ1) is 42.4. The fourth-order valence-corrected chi connectivity index (χ4v) is 12.9. The Morgan fingerprint density at radius 1 is 0.589 bits per heavy atom. The molecule has 0 aliphatic heterocycles. The Kier molecular flexibility index (Phi) is 17.7. The van der Waals surface area contributed by atoms with E-state index in [-0.39, 0.29) is 0 Å². The Morgan fingerprint density at radius 3 is 1.55 bits per heavy atom. The van der Waals surface area contributed by atoms with Crippen LogP contribution < -0.4 is 20.7 Å². The SMILES string of the molecule is C=C/C=C(\C=C/C)C(=C(\CCCCCCCCCC[PH](c1ccccc1)(c1ccccc1)c1ccccc1)c1ccccc1)/c1ccc(OCCN(C)C)cc1. The zero-order chi connectivity index (χ0) is 39.3. The second-order valence-electron chi connectivity index (χ2n) is 15.1. The molecule has 0 N–H and O–H groups in total. The minimum Gasteiger partial charge on any atom is -0.492 e. The molecule has 0 unspecified atom stereocenters. The Bertz CT molecular complexity index is 1850. The van der Waals surface area contributed by atoms with E-state index in [0.717, 1.165) is 25.1 Å². The molecule has 0 aliphatic carbocycles. The van der Waals surface area contributed by atoms with Crippen LogP contribution in [0.4, 0.5) is 0 Å². The number of allylic oxidation sites excluding steroid dienone is 7. The number of hydrogen-bond acceptors (Lipinski definition) is 2. The number of benzene rings is 5. The zero-order valence-corrected chi connectivity index (χ0v) is 35.2. The van der Waals surface area contributed by atoms with Crippen molar-refractivity contribution in [1.82, 2.24) is 4.90 Å². The number of rotatable bonds is 23. The maximum atomic E-state index is 6.05. The summed E-state index contributed by atoms with van der Waals surface area (Å²) in [4.78, 5) is 2.14. The van der Waals surface area contributed by atoms with E-state index in [1.165, 1.54) is 94.9 Å². The maximum absolute atomic E-state index is 6.05. The van der Waals surface area contributed by atoms with Gasteiger partial charge in [-0.05, 0) is 44.3 Å². The first-order valence-electron chi connectivity index (χ1n) is 20.9. The summed E-state index contributed by atoms with van der Waals surface area (Å²) in [6.07, 6.45) is 20.8. The van der Waals surface area contributed by atoms with Gasteiger partial charge in [0.25, 0.3) is 0 Å². The van der Waals surface area contributed by atoms with Crippen LogP contribution in [0.25, 0.3) is 11.1 Å². The summed E-state index contributed by atoms with van der Waals surface area (Å²) in [5.74, 6) is 0.904. The number of unbranched alkanes of at least 4 members (excludes halogenated alkanes) is 7. The standard InChI is InChI=1S/C53H64NOP/c1-5-27-46(28-6-2)53(47-38-40-48(41-39-47)55-43-42-54(3)4)52(45-29-17-13-18-30-45)37-25-11-9-7-8-10-12-26-44-56(49-31-19-14-20-32-49,50-33-21-15-22-34-50)51-35-23-16-24-36-51/h5-6,13-24,27-36,38-41,56H,1,7-12,25-26,37,42-44H2,2-4H3/b28-6-,46-27+,53-52-. The van der Waals surface area contributed by atoms with Crippen LogP contribution in [0.3, 0.4) is 0 Å². The Morgan fingerprint density at radius 2 is 1.07 bits per heavy atom. The third-order valence-corrected chi connectivity index (χ3v) is 15.9. The molecule has 0 atom stereocenters. The minimum absolute atomic E-state index is 0.670. The van der Waals surface area contributed by atoms with Gasteiger partial charge < -0.3 is 9.64 Å². The Labute approximate surface area is 339 Å². The Balaban J connectivity index is 1.21. The molecule has 0 spiro atoms. The molecule has 0 aliphatic rings. The van der Waals surface area contributed by atoms with E-state index in [0.29, 0.717) is 6.61 Å². The van der Waals surface area contributed by atoms with Crippen LogP contribution in [0.1, 0.15) is 75.8 Å². The molecule has 0 heterocycles. The van der Waals surface area contributed by atoms with Crippen molar-refractivity contribution in [2.24, 2.45) is 0 Å². The fourth-order valence-electron chi connectivity index (χ4n) is 8.01. The van der Waals surface area contributed by atoms with Crippen molar-refractivity contribution in [3.8, 4) is 5.75 Å². The molecule has 2 nitrogen and oxygen atoms in total. The van der Waals surface area contributed by atoms with Gasteiger partial charge in [0.05, 0.1) is 0 Å². The van der Waals surface area contributed by atoms with Crippen molar-refractivity contribution in [2.75, 3.05) is 33.4 Å². The summed E-state index contributed by atoms with van der Waals surface area (Å²) in [6, 6.07) is 53.7. The average molecular weight is 762 g/mol. The summed E-state index contributed by atoms with van der Waals surface area (Å²) in [5.41, 5.74) is 6.33. The monoisotopic (exact) mass is 761 g/mol. The topological polar surface area (TPSA) is 12.5 Å². The van der Waals surface area contributed by atoms with Gasteiger partial charge in [-0.2, -0.15) is 0 Å². The van der Waals surface area contributed by atoms with Crippen molar-refractivity contribution in [2.45, 2.75) is 64.7 Å². The first-order chi connectivity index (χ1) is 27.6. The van der Waals surface area contributed by atoms with Gasteiger partial charge in [-0.15, -0.1) is 0 Å². The van der Waals surface area contributed by atoms with Crippen LogP contribution in [0.5, 0.6) is 5.75 Å². The van der Waals surface area contributed by atoms with Gasteiger partial charge in [0.15, 0.2) is 0 Å². The van der Waals surface area contributed by atoms with E-state index in [9.17, 15) is 0 Å². The third kappa shape index (κ3) is 12.1. The van der Waals surface area contributed by atoms with Gasteiger partial charge >= 0.3 is 195 Å². The predicted octanol–water partition coefficient (Wildman–Crippen LogP) is 12.5. The molecule has 0 amide bonds. The van der Waals surface area contributed by atoms with Crippen molar-refractivity contribution in [3.05, 3.63) is 193 Å². The van der Waals surface area contributed by atoms with Gasteiger partial charge in [0, 0.05) is 6.54 Å². The number of nitrogens with zero attached hydrogens (tertiary/aromatic N) is 1. The second kappa shape index (κ2) is 23.3. The fraction of sp³-hybridized carbons (Fsp3) is 0.283. The molecule has 292 valence electrons. The molecule has 0 saturated carbocycles. The van der Waals surface area contributed by atoms with Crippen LogP contribution in [0.15, 0.2) is 182 Å². The van der Waals surface area contributed by atoms with Crippen molar-refractivity contribution < 1.29 is 4.74 Å². The second-order valence-corrected chi connectivity index (χ2v) is 19.1. The molecule has 0 fully saturated rings. The van der Waals surface area contributed by atoms with Crippen LogP contribution in [0.2, 0.25) is 0 Å². The van der Waals surface area contributed by atoms with E-state index in [2.05, 4.69) is 196 Å². The Hall–Kier alpha value is -4.75. The predicted molar refractivity (Wildman–Crippen MR) is 250 cm³/mol. The van der Waals surface area contributed by atoms with Crippen LogP contribution in [0, 0.1) is 0 Å². The smallest absolute Gasteiger partial charge is 0.492 e.